The molecule has 2 heteroatoms. The van der Waals surface area contributed by atoms with Crippen LogP contribution in [0.25, 0.3) is 0 Å². The van der Waals surface area contributed by atoms with Crippen LogP contribution in [0.1, 0.15) is 44.1 Å². The summed E-state index contributed by atoms with van der Waals surface area (Å²) in [5.74, 6) is 0. The Morgan fingerprint density at radius 1 is 1.06 bits per heavy atom. The Balaban J connectivity index is 2.06. The molecule has 0 radical (unpaired) electrons. The molecular weight excluding hydrogens is 238 g/mol. The summed E-state index contributed by atoms with van der Waals surface area (Å²) in [6, 6.07) is 9.46. The van der Waals surface area contributed by atoms with Crippen molar-refractivity contribution in [2.24, 2.45) is 0 Å². The molecule has 0 aliphatic heterocycles. The number of hydrogen-bond acceptors (Lipinski definition) is 2. The molecule has 1 aliphatic rings. The van der Waals surface area contributed by atoms with E-state index in [-0.39, 0.29) is 0 Å². The number of nitrogens with one attached hydrogen (secondary N) is 1. The number of thioether (sulfide) groups is 1. The topological polar surface area (TPSA) is 12.0 Å². The van der Waals surface area contributed by atoms with E-state index >= 15 is 0 Å². The van der Waals surface area contributed by atoms with Gasteiger partial charge in [0.1, 0.15) is 0 Å². The van der Waals surface area contributed by atoms with Crippen LogP contribution in [0, 0.1) is 6.92 Å². The van der Waals surface area contributed by atoms with E-state index in [2.05, 4.69) is 55.3 Å². The molecule has 0 spiro atoms. The van der Waals surface area contributed by atoms with Gasteiger partial charge in [0, 0.05) is 16.2 Å². The van der Waals surface area contributed by atoms with Gasteiger partial charge in [0.15, 0.2) is 0 Å². The first-order valence-corrected chi connectivity index (χ1v) is 8.09. The summed E-state index contributed by atoms with van der Waals surface area (Å²) < 4.78 is 0. The Bertz CT molecular complexity index is 364. The molecule has 1 N–H and O–H groups in total. The van der Waals surface area contributed by atoms with Crippen molar-refractivity contribution in [3.8, 4) is 0 Å². The molecular formula is C16H25NS. The lowest BCUT2D eigenvalue weighted by atomic mass is 9.96. The third-order valence-electron chi connectivity index (χ3n) is 3.95. The lowest BCUT2D eigenvalue weighted by molar-refractivity contribution is 0.420. The zero-order valence-corrected chi connectivity index (χ0v) is 12.4. The smallest absolute Gasteiger partial charge is 0.0248 e. The third kappa shape index (κ3) is 3.76. The predicted octanol–water partition coefficient (Wildman–Crippen LogP) is 4.40. The molecule has 0 aromatic heterocycles. The minimum absolute atomic E-state index is 0.676. The summed E-state index contributed by atoms with van der Waals surface area (Å²) in [6.07, 6.45) is 8.30. The van der Waals surface area contributed by atoms with Crippen LogP contribution in [0.2, 0.25) is 0 Å². The SMILES string of the molecule is CNC1CCCCCCC1Sc1ccccc1C. The quantitative estimate of drug-likeness (QED) is 0.867. The van der Waals surface area contributed by atoms with Crippen molar-refractivity contribution in [1.82, 2.24) is 5.32 Å². The standard InChI is InChI=1S/C16H25NS/c1-13-9-7-8-11-15(13)18-16-12-6-4-3-5-10-14(16)17-2/h7-9,11,14,16-17H,3-6,10,12H2,1-2H3. The van der Waals surface area contributed by atoms with E-state index in [0.29, 0.717) is 6.04 Å². The minimum atomic E-state index is 0.676. The average molecular weight is 263 g/mol. The average Bonchev–Trinajstić information content (AvgIpc) is 2.35. The van der Waals surface area contributed by atoms with Gasteiger partial charge in [-0.1, -0.05) is 43.9 Å². The molecule has 1 aromatic carbocycles. The zero-order chi connectivity index (χ0) is 12.8. The highest BCUT2D eigenvalue weighted by Gasteiger charge is 2.22. The molecule has 1 aliphatic carbocycles. The van der Waals surface area contributed by atoms with Gasteiger partial charge in [-0.25, -0.2) is 0 Å². The first kappa shape index (κ1) is 14.0. The van der Waals surface area contributed by atoms with Gasteiger partial charge in [-0.05, 0) is 38.4 Å². The highest BCUT2D eigenvalue weighted by molar-refractivity contribution is 8.00. The van der Waals surface area contributed by atoms with Crippen molar-refractivity contribution in [3.63, 3.8) is 0 Å². The van der Waals surface area contributed by atoms with Crippen LogP contribution in [-0.2, 0) is 0 Å². The summed E-state index contributed by atoms with van der Waals surface area (Å²) in [6.45, 7) is 2.22. The largest absolute Gasteiger partial charge is 0.316 e. The van der Waals surface area contributed by atoms with Gasteiger partial charge in [-0.15, -0.1) is 11.8 Å². The fraction of sp³-hybridized carbons (Fsp3) is 0.625. The van der Waals surface area contributed by atoms with E-state index in [9.17, 15) is 0 Å². The van der Waals surface area contributed by atoms with E-state index in [4.69, 9.17) is 0 Å². The van der Waals surface area contributed by atoms with Crippen LogP contribution in [0.4, 0.5) is 0 Å². The lowest BCUT2D eigenvalue weighted by Gasteiger charge is -2.29. The number of benzene rings is 1. The molecule has 0 bridgehead atoms. The summed E-state index contributed by atoms with van der Waals surface area (Å²) in [7, 11) is 2.12. The molecule has 1 nitrogen and oxygen atoms in total. The van der Waals surface area contributed by atoms with Crippen LogP contribution in [0.15, 0.2) is 29.2 Å². The van der Waals surface area contributed by atoms with E-state index in [1.54, 1.807) is 0 Å². The first-order chi connectivity index (χ1) is 8.81. The van der Waals surface area contributed by atoms with Crippen molar-refractivity contribution in [1.29, 1.82) is 0 Å². The summed E-state index contributed by atoms with van der Waals surface area (Å²) in [5, 5.41) is 4.27. The zero-order valence-electron chi connectivity index (χ0n) is 11.6. The number of aryl methyl sites for hydroxylation is 1. The second-order valence-electron chi connectivity index (χ2n) is 5.31. The van der Waals surface area contributed by atoms with Crippen molar-refractivity contribution >= 4 is 11.8 Å². The van der Waals surface area contributed by atoms with Gasteiger partial charge in [-0.2, -0.15) is 0 Å². The molecule has 0 saturated heterocycles. The van der Waals surface area contributed by atoms with Crippen LogP contribution in [-0.4, -0.2) is 18.3 Å². The molecule has 1 saturated carbocycles. The summed E-state index contributed by atoms with van der Waals surface area (Å²) in [5.41, 5.74) is 1.42. The molecule has 1 aromatic rings. The Labute approximate surface area is 116 Å². The van der Waals surface area contributed by atoms with Gasteiger partial charge in [0.2, 0.25) is 0 Å². The Morgan fingerprint density at radius 2 is 1.78 bits per heavy atom. The van der Waals surface area contributed by atoms with Crippen molar-refractivity contribution in [2.75, 3.05) is 7.05 Å². The van der Waals surface area contributed by atoms with Crippen LogP contribution in [0.3, 0.4) is 0 Å². The summed E-state index contributed by atoms with van der Waals surface area (Å²) >= 11 is 2.08. The molecule has 100 valence electrons. The minimum Gasteiger partial charge on any atom is -0.316 e. The van der Waals surface area contributed by atoms with Crippen molar-refractivity contribution in [3.05, 3.63) is 29.8 Å². The molecule has 0 heterocycles. The van der Waals surface area contributed by atoms with E-state index in [1.807, 2.05) is 0 Å². The maximum atomic E-state index is 3.54. The van der Waals surface area contributed by atoms with E-state index in [0.717, 1.165) is 5.25 Å². The monoisotopic (exact) mass is 263 g/mol. The van der Waals surface area contributed by atoms with Crippen LogP contribution in [0.5, 0.6) is 0 Å². The fourth-order valence-corrected chi connectivity index (χ4v) is 4.23. The maximum Gasteiger partial charge on any atom is 0.0248 e. The molecule has 1 fully saturated rings. The highest BCUT2D eigenvalue weighted by atomic mass is 32.2. The fourth-order valence-electron chi connectivity index (χ4n) is 2.77. The van der Waals surface area contributed by atoms with Crippen LogP contribution >= 0.6 is 11.8 Å². The second kappa shape index (κ2) is 7.20. The molecule has 2 rings (SSSR count). The van der Waals surface area contributed by atoms with Crippen molar-refractivity contribution < 1.29 is 0 Å². The molecule has 0 amide bonds. The normalized spacial score (nSPS) is 25.4. The lowest BCUT2D eigenvalue weighted by Crippen LogP contribution is -2.36. The number of hydrogen-bond donors (Lipinski definition) is 1. The Kier molecular flexibility index (Phi) is 5.58. The van der Waals surface area contributed by atoms with Gasteiger partial charge < -0.3 is 5.32 Å². The first-order valence-electron chi connectivity index (χ1n) is 7.21. The van der Waals surface area contributed by atoms with E-state index in [1.165, 1.54) is 49.0 Å². The predicted molar refractivity (Wildman–Crippen MR) is 81.4 cm³/mol. The molecule has 2 unspecified atom stereocenters. The molecule has 2 atom stereocenters. The Morgan fingerprint density at radius 3 is 2.50 bits per heavy atom. The Hall–Kier alpha value is -0.470. The van der Waals surface area contributed by atoms with Crippen molar-refractivity contribution in [2.45, 2.75) is 61.6 Å². The van der Waals surface area contributed by atoms with Crippen LogP contribution < -0.4 is 5.32 Å². The second-order valence-corrected chi connectivity index (χ2v) is 6.59. The maximum absolute atomic E-state index is 3.54. The number of rotatable bonds is 3. The van der Waals surface area contributed by atoms with Gasteiger partial charge in [-0.3, -0.25) is 0 Å². The van der Waals surface area contributed by atoms with Gasteiger partial charge >= 0.3 is 0 Å². The summed E-state index contributed by atoms with van der Waals surface area (Å²) in [4.78, 5) is 1.46. The van der Waals surface area contributed by atoms with E-state index < -0.39 is 0 Å². The molecule has 18 heavy (non-hydrogen) atoms. The third-order valence-corrected chi connectivity index (χ3v) is 5.52. The van der Waals surface area contributed by atoms with Gasteiger partial charge in [0.25, 0.3) is 0 Å². The van der Waals surface area contributed by atoms with Gasteiger partial charge in [0.05, 0.1) is 0 Å². The highest BCUT2D eigenvalue weighted by Crippen LogP contribution is 2.33.